The molecule has 0 fully saturated rings. The van der Waals surface area contributed by atoms with Crippen LogP contribution < -0.4 is 0 Å². The Morgan fingerprint density at radius 3 is 2.78 bits per heavy atom. The number of carbonyl (C=O) groups excluding carboxylic acids is 2. The third kappa shape index (κ3) is 4.27. The minimum Gasteiger partial charge on any atom is -0.504 e. The van der Waals surface area contributed by atoms with Gasteiger partial charge in [0.1, 0.15) is 12.0 Å². The van der Waals surface area contributed by atoms with Crippen molar-refractivity contribution in [3.8, 4) is 0 Å². The van der Waals surface area contributed by atoms with Gasteiger partial charge in [-0.15, -0.1) is 0 Å². The zero-order valence-corrected chi connectivity index (χ0v) is 14.5. The first-order valence-corrected chi connectivity index (χ1v) is 8.15. The Morgan fingerprint density at radius 2 is 2.11 bits per heavy atom. The van der Waals surface area contributed by atoms with Gasteiger partial charge in [-0.05, 0) is 30.7 Å². The van der Waals surface area contributed by atoms with E-state index in [1.54, 1.807) is 23.9 Å². The number of allylic oxidation sites excluding steroid dienone is 1. The second kappa shape index (κ2) is 8.09. The number of aliphatic hydroxyl groups is 1. The Morgan fingerprint density at radius 1 is 1.33 bits per heavy atom. The molecule has 0 saturated heterocycles. The number of carbonyl (C=O) groups is 2. The monoisotopic (exact) mass is 367 g/mol. The number of rotatable bonds is 7. The summed E-state index contributed by atoms with van der Waals surface area (Å²) in [4.78, 5) is 32.4. The number of hydrogen-bond acceptors (Lipinski definition) is 7. The van der Waals surface area contributed by atoms with Gasteiger partial charge >= 0.3 is 5.97 Å². The molecule has 3 rings (SSSR count). The van der Waals surface area contributed by atoms with Crippen molar-refractivity contribution in [1.29, 1.82) is 0 Å². The molecule has 3 aromatic rings. The van der Waals surface area contributed by atoms with Crippen molar-refractivity contribution >= 4 is 17.5 Å². The van der Waals surface area contributed by atoms with E-state index in [4.69, 9.17) is 4.74 Å². The van der Waals surface area contributed by atoms with Gasteiger partial charge in [-0.3, -0.25) is 14.9 Å². The lowest BCUT2D eigenvalue weighted by Crippen LogP contribution is -2.12. The Balaban J connectivity index is 1.91. The zero-order chi connectivity index (χ0) is 19.2. The van der Waals surface area contributed by atoms with Crippen LogP contribution in [0.4, 0.5) is 0 Å². The number of nitrogens with zero attached hydrogens (tertiary/aromatic N) is 4. The van der Waals surface area contributed by atoms with Crippen molar-refractivity contribution in [3.63, 3.8) is 0 Å². The van der Waals surface area contributed by atoms with E-state index in [1.807, 2.05) is 12.1 Å². The van der Waals surface area contributed by atoms with Gasteiger partial charge in [0, 0.05) is 36.8 Å². The first kappa shape index (κ1) is 18.1. The summed E-state index contributed by atoms with van der Waals surface area (Å²) >= 11 is 0. The molecule has 9 nitrogen and oxygen atoms in total. The van der Waals surface area contributed by atoms with Gasteiger partial charge in [-0.25, -0.2) is 9.78 Å². The highest BCUT2D eigenvalue weighted by molar-refractivity contribution is 6.08. The van der Waals surface area contributed by atoms with Gasteiger partial charge in [0.15, 0.2) is 11.5 Å². The minimum atomic E-state index is -0.534. The van der Waals surface area contributed by atoms with Crippen LogP contribution in [0.1, 0.15) is 39.2 Å². The van der Waals surface area contributed by atoms with Gasteiger partial charge in [-0.1, -0.05) is 0 Å². The van der Waals surface area contributed by atoms with Crippen LogP contribution in [0.2, 0.25) is 0 Å². The van der Waals surface area contributed by atoms with E-state index in [2.05, 4.69) is 20.2 Å². The Labute approximate surface area is 154 Å². The Hall–Kier alpha value is -3.75. The molecule has 3 aromatic heterocycles. The average molecular weight is 367 g/mol. The zero-order valence-electron chi connectivity index (χ0n) is 14.5. The van der Waals surface area contributed by atoms with E-state index < -0.39 is 11.8 Å². The molecule has 0 unspecified atom stereocenters. The summed E-state index contributed by atoms with van der Waals surface area (Å²) in [6.07, 6.45) is 7.12. The lowest BCUT2D eigenvalue weighted by Gasteiger charge is -2.08. The normalized spacial score (nSPS) is 11.4. The second-order valence-corrected chi connectivity index (χ2v) is 5.53. The minimum absolute atomic E-state index is 0.00480. The molecule has 0 saturated carbocycles. The maximum atomic E-state index is 12.5. The molecular formula is C18H17N5O4. The molecule has 0 aliphatic carbocycles. The molecule has 138 valence electrons. The van der Waals surface area contributed by atoms with Crippen LogP contribution in [0.5, 0.6) is 0 Å². The Bertz CT molecular complexity index is 961. The second-order valence-electron chi connectivity index (χ2n) is 5.53. The van der Waals surface area contributed by atoms with Crippen LogP contribution in [0.15, 0.2) is 49.2 Å². The van der Waals surface area contributed by atoms with Crippen molar-refractivity contribution in [3.05, 3.63) is 71.8 Å². The van der Waals surface area contributed by atoms with E-state index in [-0.39, 0.29) is 29.4 Å². The predicted octanol–water partition coefficient (Wildman–Crippen LogP) is 2.01. The van der Waals surface area contributed by atoms with Crippen molar-refractivity contribution in [1.82, 2.24) is 24.7 Å². The summed E-state index contributed by atoms with van der Waals surface area (Å²) in [7, 11) is 0. The topological polar surface area (TPSA) is 123 Å². The molecule has 0 aliphatic rings. The van der Waals surface area contributed by atoms with Crippen molar-refractivity contribution in [2.45, 2.75) is 13.5 Å². The van der Waals surface area contributed by atoms with Crippen LogP contribution in [0.25, 0.3) is 5.76 Å². The maximum absolute atomic E-state index is 12.5. The van der Waals surface area contributed by atoms with E-state index in [0.717, 1.165) is 11.6 Å². The molecule has 0 aliphatic heterocycles. The summed E-state index contributed by atoms with van der Waals surface area (Å²) < 4.78 is 6.69. The largest absolute Gasteiger partial charge is 0.504 e. The standard InChI is InChI=1S/C18H17N5O4/c1-2-27-18(26)14-7-13(10-23(14)9-12-3-5-19-6-4-12)15(24)8-16(25)17-20-11-21-22-17/h3-8,10-11,25H,2,9H2,1H3,(H,20,21,22). The summed E-state index contributed by atoms with van der Waals surface area (Å²) in [6, 6.07) is 5.06. The molecule has 0 amide bonds. The van der Waals surface area contributed by atoms with Crippen LogP contribution in [-0.4, -0.2) is 48.2 Å². The fourth-order valence-electron chi connectivity index (χ4n) is 2.44. The number of aliphatic hydroxyl groups excluding tert-OH is 1. The molecule has 0 atom stereocenters. The number of esters is 1. The third-order valence-electron chi connectivity index (χ3n) is 3.68. The van der Waals surface area contributed by atoms with Gasteiger partial charge in [0.2, 0.25) is 5.82 Å². The molecule has 2 N–H and O–H groups in total. The van der Waals surface area contributed by atoms with Crippen molar-refractivity contribution < 1.29 is 19.4 Å². The highest BCUT2D eigenvalue weighted by Crippen LogP contribution is 2.16. The summed E-state index contributed by atoms with van der Waals surface area (Å²) in [5.74, 6) is -1.39. The molecule has 27 heavy (non-hydrogen) atoms. The van der Waals surface area contributed by atoms with Crippen LogP contribution in [0.3, 0.4) is 0 Å². The molecule has 0 aromatic carbocycles. The first-order valence-electron chi connectivity index (χ1n) is 8.15. The number of nitrogens with one attached hydrogen (secondary N) is 1. The summed E-state index contributed by atoms with van der Waals surface area (Å²) in [5, 5.41) is 16.1. The number of aromatic amines is 1. The SMILES string of the molecule is CCOC(=O)c1cc(C(=O)C=C(O)c2nc[nH]n2)cn1Cc1ccncc1. The van der Waals surface area contributed by atoms with Crippen molar-refractivity contribution in [2.24, 2.45) is 0 Å². The third-order valence-corrected chi connectivity index (χ3v) is 3.68. The van der Waals surface area contributed by atoms with E-state index in [0.29, 0.717) is 6.54 Å². The lowest BCUT2D eigenvalue weighted by molar-refractivity contribution is 0.0514. The smallest absolute Gasteiger partial charge is 0.354 e. The molecular weight excluding hydrogens is 350 g/mol. The number of aromatic nitrogens is 5. The number of pyridine rings is 1. The lowest BCUT2D eigenvalue weighted by atomic mass is 10.2. The Kier molecular flexibility index (Phi) is 5.41. The summed E-state index contributed by atoms with van der Waals surface area (Å²) in [5.41, 5.74) is 1.38. The fraction of sp³-hybridized carbons (Fsp3) is 0.167. The van der Waals surface area contributed by atoms with Crippen molar-refractivity contribution in [2.75, 3.05) is 6.61 Å². The van der Waals surface area contributed by atoms with Gasteiger partial charge < -0.3 is 14.4 Å². The molecule has 0 spiro atoms. The average Bonchev–Trinajstić information content (AvgIpc) is 3.33. The highest BCUT2D eigenvalue weighted by Gasteiger charge is 2.18. The molecule has 3 heterocycles. The maximum Gasteiger partial charge on any atom is 0.354 e. The molecule has 0 bridgehead atoms. The molecule has 0 radical (unpaired) electrons. The van der Waals surface area contributed by atoms with E-state index in [9.17, 15) is 14.7 Å². The van der Waals surface area contributed by atoms with E-state index >= 15 is 0 Å². The van der Waals surface area contributed by atoms with Crippen LogP contribution in [-0.2, 0) is 11.3 Å². The van der Waals surface area contributed by atoms with E-state index in [1.165, 1.54) is 18.6 Å². The molecule has 9 heteroatoms. The number of ketones is 1. The van der Waals surface area contributed by atoms with Crippen LogP contribution in [0, 0.1) is 0 Å². The number of H-pyrrole nitrogens is 1. The number of ether oxygens (including phenoxy) is 1. The highest BCUT2D eigenvalue weighted by atomic mass is 16.5. The van der Waals surface area contributed by atoms with Crippen LogP contribution >= 0.6 is 0 Å². The van der Waals surface area contributed by atoms with Gasteiger partial charge in [0.25, 0.3) is 0 Å². The summed E-state index contributed by atoms with van der Waals surface area (Å²) in [6.45, 7) is 2.28. The first-order chi connectivity index (χ1) is 13.1. The van der Waals surface area contributed by atoms with Gasteiger partial charge in [0.05, 0.1) is 6.61 Å². The van der Waals surface area contributed by atoms with Gasteiger partial charge in [-0.2, -0.15) is 5.10 Å². The predicted molar refractivity (Wildman–Crippen MR) is 95.0 cm³/mol. The number of hydrogen-bond donors (Lipinski definition) is 2. The quantitative estimate of drug-likeness (QED) is 0.283. The fourth-order valence-corrected chi connectivity index (χ4v) is 2.44.